The van der Waals surface area contributed by atoms with E-state index in [9.17, 15) is 13.2 Å². The number of halogens is 4. The SMILES string of the molecule is Nc1nc(N)n(-c2ncc(C(F)(F)F)cc2Cl)n1. The van der Waals surface area contributed by atoms with E-state index in [1.807, 2.05) is 0 Å². The Morgan fingerprint density at radius 2 is 1.94 bits per heavy atom. The molecule has 0 aromatic carbocycles. The van der Waals surface area contributed by atoms with Crippen molar-refractivity contribution >= 4 is 23.5 Å². The second-order valence-corrected chi connectivity index (χ2v) is 3.67. The van der Waals surface area contributed by atoms with Crippen LogP contribution in [0.3, 0.4) is 0 Å². The zero-order valence-electron chi connectivity index (χ0n) is 8.61. The normalized spacial score (nSPS) is 11.8. The van der Waals surface area contributed by atoms with E-state index in [2.05, 4.69) is 15.1 Å². The molecule has 0 bridgehead atoms. The zero-order chi connectivity index (χ0) is 13.5. The Balaban J connectivity index is 2.51. The van der Waals surface area contributed by atoms with Gasteiger partial charge in [-0.3, -0.25) is 0 Å². The van der Waals surface area contributed by atoms with Crippen LogP contribution in [0.4, 0.5) is 25.1 Å². The first-order chi connectivity index (χ1) is 8.29. The topological polar surface area (TPSA) is 95.6 Å². The maximum atomic E-state index is 12.4. The minimum absolute atomic E-state index is 0.0774. The summed E-state index contributed by atoms with van der Waals surface area (Å²) in [4.78, 5) is 7.15. The van der Waals surface area contributed by atoms with E-state index in [-0.39, 0.29) is 22.7 Å². The number of anilines is 2. The lowest BCUT2D eigenvalue weighted by molar-refractivity contribution is -0.137. The van der Waals surface area contributed by atoms with E-state index in [0.717, 1.165) is 10.7 Å². The number of hydrogen-bond donors (Lipinski definition) is 2. The second kappa shape index (κ2) is 4.02. The van der Waals surface area contributed by atoms with Crippen molar-refractivity contribution in [3.8, 4) is 5.82 Å². The van der Waals surface area contributed by atoms with Gasteiger partial charge < -0.3 is 11.5 Å². The molecule has 6 nitrogen and oxygen atoms in total. The monoisotopic (exact) mass is 278 g/mol. The van der Waals surface area contributed by atoms with Crippen molar-refractivity contribution in [2.24, 2.45) is 0 Å². The third-order valence-electron chi connectivity index (χ3n) is 2.00. The Morgan fingerprint density at radius 1 is 1.28 bits per heavy atom. The van der Waals surface area contributed by atoms with Gasteiger partial charge in [0.1, 0.15) is 0 Å². The first-order valence-corrected chi connectivity index (χ1v) is 4.88. The predicted octanol–water partition coefficient (Wildman–Crippen LogP) is 1.50. The smallest absolute Gasteiger partial charge is 0.368 e. The first-order valence-electron chi connectivity index (χ1n) is 4.50. The summed E-state index contributed by atoms with van der Waals surface area (Å²) in [6, 6.07) is 0.723. The fourth-order valence-electron chi connectivity index (χ4n) is 1.24. The third-order valence-corrected chi connectivity index (χ3v) is 2.28. The molecule has 96 valence electrons. The highest BCUT2D eigenvalue weighted by molar-refractivity contribution is 6.32. The van der Waals surface area contributed by atoms with Crippen molar-refractivity contribution in [1.29, 1.82) is 0 Å². The van der Waals surface area contributed by atoms with Gasteiger partial charge in [0.25, 0.3) is 0 Å². The molecule has 0 radical (unpaired) electrons. The fourth-order valence-corrected chi connectivity index (χ4v) is 1.48. The molecule has 0 aliphatic carbocycles. The van der Waals surface area contributed by atoms with Gasteiger partial charge in [-0.05, 0) is 6.07 Å². The van der Waals surface area contributed by atoms with E-state index < -0.39 is 11.7 Å². The minimum Gasteiger partial charge on any atom is -0.368 e. The van der Waals surface area contributed by atoms with Gasteiger partial charge in [-0.15, -0.1) is 5.10 Å². The number of alkyl halides is 3. The van der Waals surface area contributed by atoms with Crippen molar-refractivity contribution in [3.05, 3.63) is 22.8 Å². The lowest BCUT2D eigenvalue weighted by Crippen LogP contribution is -2.09. The molecule has 0 fully saturated rings. The average molecular weight is 279 g/mol. The summed E-state index contributed by atoms with van der Waals surface area (Å²) in [6.07, 6.45) is -3.90. The van der Waals surface area contributed by atoms with E-state index in [0.29, 0.717) is 6.20 Å². The number of nitrogens with zero attached hydrogens (tertiary/aromatic N) is 4. The lowest BCUT2D eigenvalue weighted by Gasteiger charge is -2.09. The van der Waals surface area contributed by atoms with Gasteiger partial charge in [-0.1, -0.05) is 11.6 Å². The molecule has 0 aliphatic rings. The lowest BCUT2D eigenvalue weighted by atomic mass is 10.3. The van der Waals surface area contributed by atoms with Crippen LogP contribution in [-0.4, -0.2) is 19.7 Å². The molecular formula is C8H6ClF3N6. The molecule has 4 N–H and O–H groups in total. The maximum absolute atomic E-state index is 12.4. The molecule has 2 heterocycles. The summed E-state index contributed by atoms with van der Waals surface area (Å²) in [7, 11) is 0. The zero-order valence-corrected chi connectivity index (χ0v) is 9.37. The van der Waals surface area contributed by atoms with Gasteiger partial charge in [0.2, 0.25) is 11.9 Å². The third kappa shape index (κ3) is 2.16. The summed E-state index contributed by atoms with van der Waals surface area (Å²) >= 11 is 5.70. The van der Waals surface area contributed by atoms with Crippen molar-refractivity contribution in [1.82, 2.24) is 19.7 Å². The van der Waals surface area contributed by atoms with E-state index in [1.165, 1.54) is 0 Å². The van der Waals surface area contributed by atoms with Crippen molar-refractivity contribution in [2.75, 3.05) is 11.5 Å². The molecule has 2 aromatic heterocycles. The molecule has 0 spiro atoms. The summed E-state index contributed by atoms with van der Waals surface area (Å²) < 4.78 is 38.2. The van der Waals surface area contributed by atoms with Gasteiger partial charge in [0.15, 0.2) is 5.82 Å². The summed E-state index contributed by atoms with van der Waals surface area (Å²) in [6.45, 7) is 0. The van der Waals surface area contributed by atoms with Crippen LogP contribution in [0, 0.1) is 0 Å². The van der Waals surface area contributed by atoms with Crippen LogP contribution >= 0.6 is 11.6 Å². The van der Waals surface area contributed by atoms with Gasteiger partial charge in [0, 0.05) is 6.20 Å². The first kappa shape index (κ1) is 12.4. The van der Waals surface area contributed by atoms with Gasteiger partial charge in [-0.2, -0.15) is 22.8 Å². The quantitative estimate of drug-likeness (QED) is 0.824. The van der Waals surface area contributed by atoms with Gasteiger partial charge in [-0.25, -0.2) is 4.98 Å². The standard InChI is InChI=1S/C8H6ClF3N6/c9-4-1-3(8(10,11)12)2-15-5(4)18-7(14)16-6(13)17-18/h1-2H,(H4,13,14,16,17). The highest BCUT2D eigenvalue weighted by atomic mass is 35.5. The van der Waals surface area contributed by atoms with Crippen LogP contribution in [0.2, 0.25) is 5.02 Å². The van der Waals surface area contributed by atoms with Crippen molar-refractivity contribution in [2.45, 2.75) is 6.18 Å². The van der Waals surface area contributed by atoms with Crippen LogP contribution in [0.15, 0.2) is 12.3 Å². The number of hydrogen-bond acceptors (Lipinski definition) is 5. The molecule has 0 aliphatic heterocycles. The average Bonchev–Trinajstić information content (AvgIpc) is 2.56. The van der Waals surface area contributed by atoms with Crippen LogP contribution in [-0.2, 0) is 6.18 Å². The molecule has 10 heteroatoms. The summed E-state index contributed by atoms with van der Waals surface area (Å²) in [5, 5.41) is 3.40. The minimum atomic E-state index is -4.53. The Kier molecular flexibility index (Phi) is 2.77. The molecular weight excluding hydrogens is 273 g/mol. The molecule has 18 heavy (non-hydrogen) atoms. The highest BCUT2D eigenvalue weighted by Gasteiger charge is 2.32. The van der Waals surface area contributed by atoms with E-state index in [1.54, 1.807) is 0 Å². The number of aromatic nitrogens is 4. The molecule has 2 aromatic rings. The molecule has 2 rings (SSSR count). The Hall–Kier alpha value is -2.03. The fraction of sp³-hybridized carbons (Fsp3) is 0.125. The number of rotatable bonds is 1. The molecule has 0 saturated carbocycles. The van der Waals surface area contributed by atoms with E-state index >= 15 is 0 Å². The number of nitrogen functional groups attached to an aromatic ring is 2. The Labute approximate surface area is 103 Å². The van der Waals surface area contributed by atoms with Crippen LogP contribution in [0.25, 0.3) is 5.82 Å². The largest absolute Gasteiger partial charge is 0.417 e. The Morgan fingerprint density at radius 3 is 2.39 bits per heavy atom. The molecule has 0 unspecified atom stereocenters. The van der Waals surface area contributed by atoms with Crippen molar-refractivity contribution < 1.29 is 13.2 Å². The van der Waals surface area contributed by atoms with Crippen LogP contribution < -0.4 is 11.5 Å². The van der Waals surface area contributed by atoms with Gasteiger partial charge >= 0.3 is 6.18 Å². The second-order valence-electron chi connectivity index (χ2n) is 3.27. The van der Waals surface area contributed by atoms with Crippen LogP contribution in [0.1, 0.15) is 5.56 Å². The summed E-state index contributed by atoms with van der Waals surface area (Å²) in [5.41, 5.74) is 9.78. The molecule has 0 amide bonds. The number of pyridine rings is 1. The highest BCUT2D eigenvalue weighted by Crippen LogP contribution is 2.32. The predicted molar refractivity (Wildman–Crippen MR) is 58.0 cm³/mol. The summed E-state index contributed by atoms with van der Waals surface area (Å²) in [5.74, 6) is -0.335. The van der Waals surface area contributed by atoms with Gasteiger partial charge in [0.05, 0.1) is 10.6 Å². The molecule has 0 saturated heterocycles. The maximum Gasteiger partial charge on any atom is 0.417 e. The number of nitrogens with two attached hydrogens (primary N) is 2. The van der Waals surface area contributed by atoms with Crippen LogP contribution in [0.5, 0.6) is 0 Å². The van der Waals surface area contributed by atoms with Crippen molar-refractivity contribution in [3.63, 3.8) is 0 Å². The Bertz CT molecular complexity index is 593. The van der Waals surface area contributed by atoms with E-state index in [4.69, 9.17) is 23.1 Å². The molecule has 0 atom stereocenters.